The van der Waals surface area contributed by atoms with Crippen molar-refractivity contribution in [2.45, 2.75) is 38.6 Å². The highest BCUT2D eigenvalue weighted by atomic mass is 32.2. The minimum absolute atomic E-state index is 0.00274. The molecule has 1 atom stereocenters. The van der Waals surface area contributed by atoms with Crippen LogP contribution < -0.4 is 11.3 Å². The summed E-state index contributed by atoms with van der Waals surface area (Å²) in [4.78, 5) is 12.3. The van der Waals surface area contributed by atoms with E-state index in [1.54, 1.807) is 11.7 Å². The van der Waals surface area contributed by atoms with Crippen molar-refractivity contribution < 1.29 is 8.42 Å². The van der Waals surface area contributed by atoms with Crippen LogP contribution in [0.2, 0.25) is 0 Å². The Morgan fingerprint density at radius 1 is 1.42 bits per heavy atom. The molecular weight excluding hydrogens is 266 g/mol. The lowest BCUT2D eigenvalue weighted by Gasteiger charge is -2.26. The van der Waals surface area contributed by atoms with Gasteiger partial charge in [-0.25, -0.2) is 13.1 Å². The Morgan fingerprint density at radius 2 is 2.05 bits per heavy atom. The van der Waals surface area contributed by atoms with Crippen LogP contribution in [0.25, 0.3) is 0 Å². The van der Waals surface area contributed by atoms with Crippen molar-refractivity contribution in [1.82, 2.24) is 9.36 Å². The molecule has 1 saturated heterocycles. The van der Waals surface area contributed by atoms with Gasteiger partial charge in [-0.2, -0.15) is 0 Å². The molecule has 0 amide bonds. The largest absolute Gasteiger partial charge is 0.393 e. The van der Waals surface area contributed by atoms with Crippen LogP contribution in [-0.4, -0.2) is 29.3 Å². The van der Waals surface area contributed by atoms with Crippen molar-refractivity contribution in [1.29, 1.82) is 0 Å². The predicted octanol–water partition coefficient (Wildman–Crippen LogP) is 0.255. The first-order chi connectivity index (χ1) is 8.72. The van der Waals surface area contributed by atoms with Gasteiger partial charge in [0.2, 0.25) is 0 Å². The molecule has 0 spiro atoms. The average Bonchev–Trinajstić information content (AvgIpc) is 2.69. The van der Waals surface area contributed by atoms with Crippen LogP contribution in [0.5, 0.6) is 0 Å². The van der Waals surface area contributed by atoms with Crippen molar-refractivity contribution in [3.05, 3.63) is 16.0 Å². The molecule has 0 aliphatic carbocycles. The van der Waals surface area contributed by atoms with E-state index in [-0.39, 0.29) is 22.8 Å². The molecule has 0 saturated carbocycles. The Labute approximate surface area is 113 Å². The third-order valence-corrected chi connectivity index (χ3v) is 5.79. The van der Waals surface area contributed by atoms with Crippen molar-refractivity contribution in [2.24, 2.45) is 7.05 Å². The van der Waals surface area contributed by atoms with Gasteiger partial charge in [0, 0.05) is 7.05 Å². The van der Waals surface area contributed by atoms with Gasteiger partial charge >= 0.3 is 0 Å². The molecule has 1 aromatic rings. The molecule has 0 aromatic carbocycles. The second kappa shape index (κ2) is 4.40. The smallest absolute Gasteiger partial charge is 0.290 e. The normalized spacial score (nSPS) is 25.8. The molecule has 1 fully saturated rings. The Bertz CT molecular complexity index is 656. The van der Waals surface area contributed by atoms with E-state index in [1.165, 1.54) is 4.68 Å². The second-order valence-electron chi connectivity index (χ2n) is 5.59. The van der Waals surface area contributed by atoms with E-state index in [0.717, 1.165) is 12.1 Å². The van der Waals surface area contributed by atoms with Gasteiger partial charge in [-0.3, -0.25) is 9.48 Å². The number of anilines is 1. The maximum Gasteiger partial charge on any atom is 0.290 e. The molecule has 0 bridgehead atoms. The van der Waals surface area contributed by atoms with Gasteiger partial charge in [0.15, 0.2) is 9.84 Å². The number of hydrogen-bond donors (Lipinski definition) is 1. The fraction of sp³-hybridized carbons (Fsp3) is 0.750. The SMILES string of the molecule is CCCc1c(N)c(=O)n(C2(C)CCS(=O)(=O)C2)n1C. The van der Waals surface area contributed by atoms with Crippen molar-refractivity contribution in [3.63, 3.8) is 0 Å². The van der Waals surface area contributed by atoms with Crippen molar-refractivity contribution in [2.75, 3.05) is 17.2 Å². The van der Waals surface area contributed by atoms with E-state index in [4.69, 9.17) is 5.73 Å². The van der Waals surface area contributed by atoms with Crippen LogP contribution >= 0.6 is 0 Å². The summed E-state index contributed by atoms with van der Waals surface area (Å²) in [5.41, 5.74) is 5.95. The van der Waals surface area contributed by atoms with Gasteiger partial charge in [-0.15, -0.1) is 0 Å². The lowest BCUT2D eigenvalue weighted by molar-refractivity contribution is 0.277. The van der Waals surface area contributed by atoms with Gasteiger partial charge in [0.1, 0.15) is 5.69 Å². The number of nitrogen functional groups attached to an aromatic ring is 1. The molecule has 1 aromatic heterocycles. The zero-order valence-corrected chi connectivity index (χ0v) is 12.5. The quantitative estimate of drug-likeness (QED) is 0.863. The molecule has 19 heavy (non-hydrogen) atoms. The highest BCUT2D eigenvalue weighted by Gasteiger charge is 2.42. The minimum Gasteiger partial charge on any atom is -0.393 e. The fourth-order valence-electron chi connectivity index (χ4n) is 2.97. The zero-order chi connectivity index (χ0) is 14.4. The first-order valence-corrected chi connectivity index (χ1v) is 8.31. The van der Waals surface area contributed by atoms with E-state index in [1.807, 2.05) is 13.8 Å². The maximum absolute atomic E-state index is 12.3. The Hall–Kier alpha value is -1.24. The molecular formula is C12H21N3O3S. The molecule has 1 unspecified atom stereocenters. The van der Waals surface area contributed by atoms with Crippen molar-refractivity contribution in [3.8, 4) is 0 Å². The molecule has 2 heterocycles. The lowest BCUT2D eigenvalue weighted by Crippen LogP contribution is -2.42. The minimum atomic E-state index is -3.07. The van der Waals surface area contributed by atoms with Gasteiger partial charge in [-0.05, 0) is 19.8 Å². The Morgan fingerprint density at radius 3 is 2.53 bits per heavy atom. The number of hydrogen-bond acceptors (Lipinski definition) is 4. The molecule has 2 N–H and O–H groups in total. The number of nitrogens with two attached hydrogens (primary N) is 1. The summed E-state index contributed by atoms with van der Waals surface area (Å²) in [5, 5.41) is 0. The van der Waals surface area contributed by atoms with Crippen LogP contribution in [0.1, 0.15) is 32.4 Å². The summed E-state index contributed by atoms with van der Waals surface area (Å²) >= 11 is 0. The van der Waals surface area contributed by atoms with Gasteiger partial charge in [-0.1, -0.05) is 13.3 Å². The highest BCUT2D eigenvalue weighted by molar-refractivity contribution is 7.91. The first-order valence-electron chi connectivity index (χ1n) is 6.49. The summed E-state index contributed by atoms with van der Waals surface area (Å²) in [7, 11) is -1.29. The Kier molecular flexibility index (Phi) is 3.28. The van der Waals surface area contributed by atoms with Crippen LogP contribution in [0.4, 0.5) is 5.69 Å². The molecule has 7 heteroatoms. The Balaban J connectivity index is 2.59. The van der Waals surface area contributed by atoms with Gasteiger partial charge in [0.25, 0.3) is 5.56 Å². The average molecular weight is 287 g/mol. The third-order valence-electron chi connectivity index (χ3n) is 3.90. The summed E-state index contributed by atoms with van der Waals surface area (Å²) < 4.78 is 26.7. The van der Waals surface area contributed by atoms with Crippen LogP contribution in [0.3, 0.4) is 0 Å². The van der Waals surface area contributed by atoms with Crippen LogP contribution in [-0.2, 0) is 28.8 Å². The standard InChI is InChI=1S/C12H21N3O3S/c1-4-5-9-10(13)11(16)15(14(9)3)12(2)6-7-19(17,18)8-12/h4-8,13H2,1-3H3. The maximum atomic E-state index is 12.3. The molecule has 0 radical (unpaired) electrons. The summed E-state index contributed by atoms with van der Waals surface area (Å²) in [5.74, 6) is 0.132. The molecule has 108 valence electrons. The van der Waals surface area contributed by atoms with E-state index in [2.05, 4.69) is 0 Å². The van der Waals surface area contributed by atoms with Crippen LogP contribution in [0.15, 0.2) is 4.79 Å². The third kappa shape index (κ3) is 2.20. The molecule has 1 aliphatic heterocycles. The van der Waals surface area contributed by atoms with Gasteiger partial charge in [0.05, 0.1) is 22.7 Å². The topological polar surface area (TPSA) is 87.1 Å². The highest BCUT2D eigenvalue weighted by Crippen LogP contribution is 2.30. The first kappa shape index (κ1) is 14.2. The van der Waals surface area contributed by atoms with E-state index in [9.17, 15) is 13.2 Å². The molecule has 6 nitrogen and oxygen atoms in total. The van der Waals surface area contributed by atoms with E-state index < -0.39 is 15.4 Å². The number of rotatable bonds is 3. The van der Waals surface area contributed by atoms with Crippen LogP contribution in [0, 0.1) is 0 Å². The number of nitrogens with zero attached hydrogens (tertiary/aromatic N) is 2. The zero-order valence-electron chi connectivity index (χ0n) is 11.6. The van der Waals surface area contributed by atoms with Gasteiger partial charge < -0.3 is 5.73 Å². The summed E-state index contributed by atoms with van der Waals surface area (Å²) in [6.45, 7) is 3.83. The van der Waals surface area contributed by atoms with E-state index >= 15 is 0 Å². The van der Waals surface area contributed by atoms with Crippen molar-refractivity contribution >= 4 is 15.5 Å². The second-order valence-corrected chi connectivity index (χ2v) is 7.77. The van der Waals surface area contributed by atoms with E-state index in [0.29, 0.717) is 12.8 Å². The number of sulfone groups is 1. The molecule has 2 rings (SSSR count). The number of aromatic nitrogens is 2. The monoisotopic (exact) mass is 287 g/mol. The fourth-order valence-corrected chi connectivity index (χ4v) is 5.08. The predicted molar refractivity (Wildman–Crippen MR) is 75.0 cm³/mol. The summed E-state index contributed by atoms with van der Waals surface area (Å²) in [6.07, 6.45) is 2.06. The summed E-state index contributed by atoms with van der Waals surface area (Å²) in [6, 6.07) is 0. The lowest BCUT2D eigenvalue weighted by atomic mass is 10.0. The molecule has 1 aliphatic rings.